The SMILES string of the molecule is CCCCc1noc(CNCC2CCC(C(=O)O)CC2)n1. The summed E-state index contributed by atoms with van der Waals surface area (Å²) in [6.07, 6.45) is 6.64. The Morgan fingerprint density at radius 3 is 2.81 bits per heavy atom. The standard InChI is InChI=1S/C15H25N3O3/c1-2-3-4-13-17-14(21-18-13)10-16-9-11-5-7-12(8-6-11)15(19)20/h11-12,16H,2-10H2,1H3,(H,19,20). The molecule has 0 spiro atoms. The molecule has 0 saturated heterocycles. The van der Waals surface area contributed by atoms with Gasteiger partial charge in [-0.25, -0.2) is 0 Å². The molecule has 2 rings (SSSR count). The minimum Gasteiger partial charge on any atom is -0.481 e. The summed E-state index contributed by atoms with van der Waals surface area (Å²) in [4.78, 5) is 15.2. The van der Waals surface area contributed by atoms with Crippen LogP contribution in [-0.4, -0.2) is 27.8 Å². The minimum atomic E-state index is -0.646. The molecule has 0 radical (unpaired) electrons. The first-order valence-electron chi connectivity index (χ1n) is 7.94. The highest BCUT2D eigenvalue weighted by Crippen LogP contribution is 2.28. The van der Waals surface area contributed by atoms with Gasteiger partial charge < -0.3 is 14.9 Å². The molecule has 1 saturated carbocycles. The number of nitrogens with zero attached hydrogens (tertiary/aromatic N) is 2. The number of carboxylic acids is 1. The smallest absolute Gasteiger partial charge is 0.306 e. The van der Waals surface area contributed by atoms with E-state index in [-0.39, 0.29) is 5.92 Å². The van der Waals surface area contributed by atoms with Gasteiger partial charge in [-0.3, -0.25) is 4.79 Å². The summed E-state index contributed by atoms with van der Waals surface area (Å²) >= 11 is 0. The van der Waals surface area contributed by atoms with Crippen molar-refractivity contribution >= 4 is 5.97 Å². The van der Waals surface area contributed by atoms with Crippen molar-refractivity contribution in [2.24, 2.45) is 11.8 Å². The fraction of sp³-hybridized carbons (Fsp3) is 0.800. The number of aliphatic carboxylic acids is 1. The summed E-state index contributed by atoms with van der Waals surface area (Å²) < 4.78 is 5.20. The highest BCUT2D eigenvalue weighted by Gasteiger charge is 2.25. The Morgan fingerprint density at radius 2 is 2.14 bits per heavy atom. The highest BCUT2D eigenvalue weighted by atomic mass is 16.5. The molecule has 1 aromatic heterocycles. The zero-order valence-electron chi connectivity index (χ0n) is 12.7. The van der Waals surface area contributed by atoms with Crippen LogP contribution >= 0.6 is 0 Å². The molecule has 1 heterocycles. The van der Waals surface area contributed by atoms with Gasteiger partial charge in [0, 0.05) is 6.42 Å². The van der Waals surface area contributed by atoms with E-state index < -0.39 is 5.97 Å². The van der Waals surface area contributed by atoms with Gasteiger partial charge in [-0.15, -0.1) is 0 Å². The zero-order chi connectivity index (χ0) is 15.1. The van der Waals surface area contributed by atoms with Gasteiger partial charge in [0.1, 0.15) is 0 Å². The second kappa shape index (κ2) is 8.12. The molecule has 0 bridgehead atoms. The van der Waals surface area contributed by atoms with Crippen molar-refractivity contribution in [3.63, 3.8) is 0 Å². The van der Waals surface area contributed by atoms with Gasteiger partial charge in [-0.2, -0.15) is 4.98 Å². The second-order valence-corrected chi connectivity index (χ2v) is 5.89. The van der Waals surface area contributed by atoms with Crippen LogP contribution in [0.4, 0.5) is 0 Å². The molecule has 118 valence electrons. The van der Waals surface area contributed by atoms with Crippen LogP contribution in [0.1, 0.15) is 57.2 Å². The van der Waals surface area contributed by atoms with E-state index in [2.05, 4.69) is 22.4 Å². The van der Waals surface area contributed by atoms with E-state index in [0.717, 1.165) is 57.3 Å². The van der Waals surface area contributed by atoms with Crippen molar-refractivity contribution in [2.45, 2.75) is 58.4 Å². The number of hydrogen-bond acceptors (Lipinski definition) is 5. The topological polar surface area (TPSA) is 88.2 Å². The Bertz CT molecular complexity index is 439. The summed E-state index contributed by atoms with van der Waals surface area (Å²) in [5.74, 6) is 1.20. The van der Waals surface area contributed by atoms with Crippen molar-refractivity contribution < 1.29 is 14.4 Å². The summed E-state index contributed by atoms with van der Waals surface area (Å²) in [6.45, 7) is 3.62. The minimum absolute atomic E-state index is 0.140. The van der Waals surface area contributed by atoms with Gasteiger partial charge in [-0.05, 0) is 44.6 Å². The molecule has 0 unspecified atom stereocenters. The van der Waals surface area contributed by atoms with Crippen molar-refractivity contribution in [3.8, 4) is 0 Å². The monoisotopic (exact) mass is 295 g/mol. The molecule has 2 N–H and O–H groups in total. The third-order valence-electron chi connectivity index (χ3n) is 4.17. The lowest BCUT2D eigenvalue weighted by Crippen LogP contribution is -2.28. The van der Waals surface area contributed by atoms with Crippen molar-refractivity contribution in [2.75, 3.05) is 6.54 Å². The maximum atomic E-state index is 10.9. The van der Waals surface area contributed by atoms with Crippen molar-refractivity contribution in [1.82, 2.24) is 15.5 Å². The molecule has 6 nitrogen and oxygen atoms in total. The van der Waals surface area contributed by atoms with Crippen LogP contribution in [0.25, 0.3) is 0 Å². The lowest BCUT2D eigenvalue weighted by Gasteiger charge is -2.25. The number of nitrogens with one attached hydrogen (secondary N) is 1. The molecule has 6 heteroatoms. The first-order chi connectivity index (χ1) is 10.2. The van der Waals surface area contributed by atoms with Gasteiger partial charge in [0.15, 0.2) is 5.82 Å². The number of aryl methyl sites for hydroxylation is 1. The van der Waals surface area contributed by atoms with E-state index in [1.165, 1.54) is 0 Å². The van der Waals surface area contributed by atoms with Gasteiger partial charge in [0.05, 0.1) is 12.5 Å². The molecule has 1 aromatic rings. The van der Waals surface area contributed by atoms with Crippen LogP contribution in [0, 0.1) is 11.8 Å². The number of unbranched alkanes of at least 4 members (excludes halogenated alkanes) is 1. The quantitative estimate of drug-likeness (QED) is 0.765. The maximum absolute atomic E-state index is 10.9. The Kier molecular flexibility index (Phi) is 6.17. The van der Waals surface area contributed by atoms with Crippen molar-refractivity contribution in [3.05, 3.63) is 11.7 Å². The molecule has 1 aliphatic rings. The first kappa shape index (κ1) is 15.9. The first-order valence-corrected chi connectivity index (χ1v) is 7.94. The number of hydrogen-bond donors (Lipinski definition) is 2. The van der Waals surface area contributed by atoms with E-state index >= 15 is 0 Å². The number of rotatable bonds is 8. The van der Waals surface area contributed by atoms with Crippen LogP contribution in [-0.2, 0) is 17.8 Å². The normalized spacial score (nSPS) is 22.3. The van der Waals surface area contributed by atoms with Crippen molar-refractivity contribution in [1.29, 1.82) is 0 Å². The predicted molar refractivity (Wildman–Crippen MR) is 77.7 cm³/mol. The zero-order valence-corrected chi connectivity index (χ0v) is 12.7. The fourth-order valence-corrected chi connectivity index (χ4v) is 2.80. The van der Waals surface area contributed by atoms with Crippen LogP contribution in [0.2, 0.25) is 0 Å². The highest BCUT2D eigenvalue weighted by molar-refractivity contribution is 5.69. The average molecular weight is 295 g/mol. The third-order valence-corrected chi connectivity index (χ3v) is 4.17. The molecule has 0 aromatic carbocycles. The summed E-state index contributed by atoms with van der Waals surface area (Å²) in [5.41, 5.74) is 0. The maximum Gasteiger partial charge on any atom is 0.306 e. The third kappa shape index (κ3) is 5.12. The van der Waals surface area contributed by atoms with Crippen LogP contribution in [0.3, 0.4) is 0 Å². The fourth-order valence-electron chi connectivity index (χ4n) is 2.80. The number of aromatic nitrogens is 2. The lowest BCUT2D eigenvalue weighted by atomic mass is 9.82. The van der Waals surface area contributed by atoms with E-state index in [0.29, 0.717) is 18.4 Å². The van der Waals surface area contributed by atoms with E-state index in [9.17, 15) is 4.79 Å². The second-order valence-electron chi connectivity index (χ2n) is 5.89. The summed E-state index contributed by atoms with van der Waals surface area (Å²) in [5, 5.41) is 16.3. The Balaban J connectivity index is 1.63. The molecule has 0 atom stereocenters. The number of carboxylic acid groups (broad SMARTS) is 1. The molecule has 0 aliphatic heterocycles. The van der Waals surface area contributed by atoms with Crippen LogP contribution in [0.15, 0.2) is 4.52 Å². The van der Waals surface area contributed by atoms with Gasteiger partial charge in [-0.1, -0.05) is 18.5 Å². The molecular formula is C15H25N3O3. The van der Waals surface area contributed by atoms with Crippen LogP contribution in [0.5, 0.6) is 0 Å². The predicted octanol–water partition coefficient (Wildman–Crippen LogP) is 2.39. The molecule has 21 heavy (non-hydrogen) atoms. The van der Waals surface area contributed by atoms with E-state index in [1.54, 1.807) is 0 Å². The van der Waals surface area contributed by atoms with Gasteiger partial charge in [0.25, 0.3) is 0 Å². The number of carbonyl (C=O) groups is 1. The Hall–Kier alpha value is -1.43. The molecular weight excluding hydrogens is 270 g/mol. The van der Waals surface area contributed by atoms with Gasteiger partial charge >= 0.3 is 5.97 Å². The Morgan fingerprint density at radius 1 is 1.38 bits per heavy atom. The van der Waals surface area contributed by atoms with Gasteiger partial charge in [0.2, 0.25) is 5.89 Å². The largest absolute Gasteiger partial charge is 0.481 e. The van der Waals surface area contributed by atoms with E-state index in [1.807, 2.05) is 0 Å². The summed E-state index contributed by atoms with van der Waals surface area (Å²) in [6, 6.07) is 0. The molecule has 0 amide bonds. The van der Waals surface area contributed by atoms with E-state index in [4.69, 9.17) is 9.63 Å². The summed E-state index contributed by atoms with van der Waals surface area (Å²) in [7, 11) is 0. The molecule has 1 aliphatic carbocycles. The van der Waals surface area contributed by atoms with Crippen LogP contribution < -0.4 is 5.32 Å². The Labute approximate surface area is 125 Å². The average Bonchev–Trinajstić information content (AvgIpc) is 2.93. The lowest BCUT2D eigenvalue weighted by molar-refractivity contribution is -0.143. The molecule has 1 fully saturated rings.